The molecular weight excluding hydrogens is 502 g/mol. The fourth-order valence-corrected chi connectivity index (χ4v) is 6.09. The predicted octanol–water partition coefficient (Wildman–Crippen LogP) is 6.35. The van der Waals surface area contributed by atoms with Gasteiger partial charge in [-0.1, -0.05) is 28.9 Å². The van der Waals surface area contributed by atoms with E-state index in [2.05, 4.69) is 10.1 Å². The molecule has 194 valence electrons. The monoisotopic (exact) mass is 528 g/mol. The minimum atomic E-state index is -0.896. The van der Waals surface area contributed by atoms with Crippen molar-refractivity contribution in [2.24, 2.45) is 5.92 Å². The Balaban J connectivity index is 1.15. The van der Waals surface area contributed by atoms with Gasteiger partial charge in [-0.2, -0.15) is 0 Å². The number of halogens is 3. The summed E-state index contributed by atoms with van der Waals surface area (Å²) in [7, 11) is 0. The third-order valence-electron chi connectivity index (χ3n) is 7.83. The van der Waals surface area contributed by atoms with Crippen LogP contribution in [0.15, 0.2) is 40.9 Å². The van der Waals surface area contributed by atoms with Crippen LogP contribution in [0.1, 0.15) is 54.9 Å². The van der Waals surface area contributed by atoms with Crippen LogP contribution in [0.3, 0.4) is 0 Å². The molecule has 6 rings (SSSR count). The fraction of sp³-hybridized carbons (Fsp3) is 0.429. The van der Waals surface area contributed by atoms with Crippen LogP contribution in [-0.4, -0.2) is 34.9 Å². The molecule has 2 aromatic carbocycles. The van der Waals surface area contributed by atoms with Crippen molar-refractivity contribution in [2.45, 2.75) is 63.2 Å². The van der Waals surface area contributed by atoms with Gasteiger partial charge in [-0.15, -0.1) is 0 Å². The number of ether oxygens (including phenoxy) is 1. The predicted molar refractivity (Wildman–Crippen MR) is 134 cm³/mol. The van der Waals surface area contributed by atoms with Gasteiger partial charge in [0, 0.05) is 36.4 Å². The molecule has 3 aromatic rings. The maximum Gasteiger partial charge on any atom is 0.303 e. The highest BCUT2D eigenvalue weighted by atomic mass is 35.5. The lowest BCUT2D eigenvalue weighted by Gasteiger charge is -2.33. The van der Waals surface area contributed by atoms with E-state index in [0.29, 0.717) is 29.9 Å². The summed E-state index contributed by atoms with van der Waals surface area (Å²) >= 11 is 6.32. The van der Waals surface area contributed by atoms with E-state index in [1.165, 1.54) is 12.1 Å². The van der Waals surface area contributed by atoms with Crippen molar-refractivity contribution >= 4 is 23.3 Å². The molecule has 1 aromatic heterocycles. The van der Waals surface area contributed by atoms with Crippen molar-refractivity contribution in [1.82, 2.24) is 5.16 Å². The van der Waals surface area contributed by atoms with Crippen LogP contribution in [0.5, 0.6) is 0 Å². The van der Waals surface area contributed by atoms with Crippen molar-refractivity contribution in [2.75, 3.05) is 11.4 Å². The minimum absolute atomic E-state index is 0.00467. The quantitative estimate of drug-likeness (QED) is 0.349. The zero-order valence-corrected chi connectivity index (χ0v) is 20.9. The number of aliphatic carboxylic acids is 1. The third-order valence-corrected chi connectivity index (χ3v) is 8.15. The Morgan fingerprint density at radius 3 is 2.70 bits per heavy atom. The topological polar surface area (TPSA) is 75.8 Å². The van der Waals surface area contributed by atoms with Crippen LogP contribution >= 0.6 is 11.6 Å². The third kappa shape index (κ3) is 4.73. The maximum absolute atomic E-state index is 14.9. The zero-order valence-electron chi connectivity index (χ0n) is 20.1. The number of nitrogens with zero attached hydrogens (tertiary/aromatic N) is 2. The highest BCUT2D eigenvalue weighted by Crippen LogP contribution is 2.47. The molecule has 9 heteroatoms. The summed E-state index contributed by atoms with van der Waals surface area (Å²) in [5.74, 6) is -0.381. The molecule has 2 aliphatic carbocycles. The van der Waals surface area contributed by atoms with Crippen LogP contribution in [0, 0.1) is 17.6 Å². The molecular formula is C28H27ClF2N2O4. The van der Waals surface area contributed by atoms with Crippen molar-refractivity contribution in [1.29, 1.82) is 0 Å². The molecule has 0 spiro atoms. The lowest BCUT2D eigenvalue weighted by molar-refractivity contribution is -0.136. The van der Waals surface area contributed by atoms with Crippen LogP contribution in [0.4, 0.5) is 14.5 Å². The molecule has 2 saturated carbocycles. The standard InChI is InChI=1S/C28H27ClF2N2O4/c29-20-2-1-3-21(30)26(20)27-19(28(37-32-27)16-6-7-16)14-36-24-12-18-11-17(24)13-33(18)23-8-4-15(10-22(23)31)5-9-25(34)35/h1-4,8,10,16-18,24H,5-7,9,11-14H2,(H,34,35)/t17-,18-,24+/m0/s1. The van der Waals surface area contributed by atoms with Gasteiger partial charge in [-0.25, -0.2) is 8.78 Å². The van der Waals surface area contributed by atoms with Gasteiger partial charge < -0.3 is 19.3 Å². The number of benzene rings is 2. The van der Waals surface area contributed by atoms with Crippen molar-refractivity contribution in [3.8, 4) is 11.3 Å². The van der Waals surface area contributed by atoms with E-state index < -0.39 is 11.8 Å². The number of aryl methyl sites for hydroxylation is 1. The largest absolute Gasteiger partial charge is 0.481 e. The average Bonchev–Trinajstić information content (AvgIpc) is 3.32. The molecule has 1 saturated heterocycles. The minimum Gasteiger partial charge on any atom is -0.481 e. The Morgan fingerprint density at radius 2 is 2.03 bits per heavy atom. The number of hydrogen-bond donors (Lipinski definition) is 1. The summed E-state index contributed by atoms with van der Waals surface area (Å²) in [5.41, 5.74) is 2.63. The van der Waals surface area contributed by atoms with Crippen LogP contribution in [0.25, 0.3) is 11.3 Å². The van der Waals surface area contributed by atoms with Gasteiger partial charge in [-0.05, 0) is 61.9 Å². The highest BCUT2D eigenvalue weighted by Gasteiger charge is 2.46. The fourth-order valence-electron chi connectivity index (χ4n) is 5.83. The molecule has 0 amide bonds. The summed E-state index contributed by atoms with van der Waals surface area (Å²) in [6, 6.07) is 9.73. The summed E-state index contributed by atoms with van der Waals surface area (Å²) in [5, 5.41) is 13.3. The number of aromatic nitrogens is 1. The Hall–Kier alpha value is -2.97. The number of carbonyl (C=O) groups is 1. The zero-order chi connectivity index (χ0) is 25.7. The molecule has 3 aliphatic rings. The first-order valence-corrected chi connectivity index (χ1v) is 13.1. The summed E-state index contributed by atoms with van der Waals surface area (Å²) in [6.45, 7) is 0.946. The molecule has 2 bridgehead atoms. The lowest BCUT2D eigenvalue weighted by atomic mass is 10.0. The lowest BCUT2D eigenvalue weighted by Crippen LogP contribution is -2.39. The van der Waals surface area contributed by atoms with Crippen molar-refractivity contribution in [3.05, 3.63) is 69.9 Å². The molecule has 3 atom stereocenters. The summed E-state index contributed by atoms with van der Waals surface area (Å²) in [4.78, 5) is 12.9. The summed E-state index contributed by atoms with van der Waals surface area (Å²) in [6.07, 6.45) is 3.99. The molecule has 1 aliphatic heterocycles. The SMILES string of the molecule is O=C(O)CCc1ccc(N2C[C@@H]3C[C@H]2C[C@H]3OCc2c(-c3c(F)cccc3Cl)noc2C2CC2)c(F)c1. The van der Waals surface area contributed by atoms with Gasteiger partial charge in [0.15, 0.2) is 0 Å². The van der Waals surface area contributed by atoms with Gasteiger partial charge in [0.1, 0.15) is 23.1 Å². The molecule has 3 fully saturated rings. The van der Waals surface area contributed by atoms with Crippen LogP contribution < -0.4 is 4.90 Å². The van der Waals surface area contributed by atoms with E-state index in [9.17, 15) is 13.6 Å². The number of carboxylic acid groups (broad SMARTS) is 1. The van der Waals surface area contributed by atoms with Gasteiger partial charge in [0.05, 0.1) is 29.0 Å². The molecule has 0 unspecified atom stereocenters. The molecule has 0 radical (unpaired) electrons. The van der Waals surface area contributed by atoms with Gasteiger partial charge in [0.2, 0.25) is 0 Å². The molecule has 6 nitrogen and oxygen atoms in total. The van der Waals surface area contributed by atoms with Crippen LogP contribution in [0.2, 0.25) is 5.02 Å². The number of rotatable bonds is 9. The number of anilines is 1. The Labute approximate surface area is 218 Å². The molecule has 1 N–H and O–H groups in total. The Bertz CT molecular complexity index is 1320. The number of carboxylic acids is 1. The average molecular weight is 529 g/mol. The second-order valence-corrected chi connectivity index (χ2v) is 10.7. The first-order chi connectivity index (χ1) is 17.9. The second kappa shape index (κ2) is 9.72. The van der Waals surface area contributed by atoms with Gasteiger partial charge >= 0.3 is 5.97 Å². The van der Waals surface area contributed by atoms with Crippen LogP contribution in [-0.2, 0) is 22.6 Å². The first kappa shape index (κ1) is 24.4. The van der Waals surface area contributed by atoms with Crippen molar-refractivity contribution in [3.63, 3.8) is 0 Å². The Kier molecular flexibility index (Phi) is 6.41. The first-order valence-electron chi connectivity index (χ1n) is 12.7. The number of piperidine rings is 1. The summed E-state index contributed by atoms with van der Waals surface area (Å²) < 4.78 is 41.6. The van der Waals surface area contributed by atoms with E-state index in [4.69, 9.17) is 26.0 Å². The van der Waals surface area contributed by atoms with Gasteiger partial charge in [0.25, 0.3) is 0 Å². The number of fused-ring (bicyclic) bond motifs is 2. The van der Waals surface area contributed by atoms with E-state index in [1.54, 1.807) is 18.2 Å². The molecule has 37 heavy (non-hydrogen) atoms. The number of hydrogen-bond acceptors (Lipinski definition) is 5. The Morgan fingerprint density at radius 1 is 1.19 bits per heavy atom. The highest BCUT2D eigenvalue weighted by molar-refractivity contribution is 6.33. The smallest absolute Gasteiger partial charge is 0.303 e. The molecule has 2 heterocycles. The van der Waals surface area contributed by atoms with E-state index >= 15 is 0 Å². The second-order valence-electron chi connectivity index (χ2n) is 10.3. The van der Waals surface area contributed by atoms with E-state index in [0.717, 1.165) is 37.0 Å². The van der Waals surface area contributed by atoms with E-state index in [-0.39, 0.29) is 53.4 Å². The normalized spacial score (nSPS) is 22.7. The van der Waals surface area contributed by atoms with Gasteiger partial charge in [-0.3, -0.25) is 4.79 Å². The maximum atomic E-state index is 14.9. The van der Waals surface area contributed by atoms with Crippen molar-refractivity contribution < 1.29 is 27.9 Å². The van der Waals surface area contributed by atoms with E-state index in [1.807, 2.05) is 6.07 Å².